The fraction of sp³-hybridized carbons (Fsp3) is 0.667. The molecule has 0 saturated heterocycles. The van der Waals surface area contributed by atoms with Gasteiger partial charge in [-0.1, -0.05) is 80.6 Å². The topological polar surface area (TPSA) is 20.2 Å². The monoisotopic (exact) mass is 340 g/mol. The third kappa shape index (κ3) is 7.94. The molecule has 0 amide bonds. The van der Waals surface area contributed by atoms with E-state index in [0.717, 1.165) is 16.5 Å². The van der Waals surface area contributed by atoms with Crippen LogP contribution in [0.5, 0.6) is 5.75 Å². The summed E-state index contributed by atoms with van der Waals surface area (Å²) in [5.41, 5.74) is 1.07. The largest absolute Gasteiger partial charge is 0.508 e. The van der Waals surface area contributed by atoms with Gasteiger partial charge in [0.1, 0.15) is 5.75 Å². The van der Waals surface area contributed by atoms with E-state index in [2.05, 4.69) is 22.9 Å². The number of benzene rings is 1. The van der Waals surface area contributed by atoms with E-state index in [1.54, 1.807) is 6.07 Å². The highest BCUT2D eigenvalue weighted by Crippen LogP contribution is 2.23. The molecule has 1 rings (SSSR count). The van der Waals surface area contributed by atoms with Gasteiger partial charge in [-0.3, -0.25) is 0 Å². The van der Waals surface area contributed by atoms with Crippen molar-refractivity contribution in [2.75, 3.05) is 0 Å². The molecule has 0 saturated carbocycles. The van der Waals surface area contributed by atoms with Gasteiger partial charge in [-0.05, 0) is 36.6 Å². The summed E-state index contributed by atoms with van der Waals surface area (Å²) in [5.74, 6) is 0.434. The van der Waals surface area contributed by atoms with Gasteiger partial charge in [-0.15, -0.1) is 0 Å². The highest BCUT2D eigenvalue weighted by atomic mass is 79.9. The van der Waals surface area contributed by atoms with Crippen LogP contribution in [-0.2, 0) is 6.42 Å². The Bertz CT molecular complexity index is 362. The van der Waals surface area contributed by atoms with E-state index in [0.29, 0.717) is 5.75 Å². The minimum absolute atomic E-state index is 0.434. The van der Waals surface area contributed by atoms with Crippen molar-refractivity contribution in [3.8, 4) is 5.75 Å². The van der Waals surface area contributed by atoms with Gasteiger partial charge in [-0.2, -0.15) is 0 Å². The van der Waals surface area contributed by atoms with Crippen molar-refractivity contribution in [2.24, 2.45) is 0 Å². The molecule has 0 heterocycles. The van der Waals surface area contributed by atoms with E-state index in [1.165, 1.54) is 64.2 Å². The van der Waals surface area contributed by atoms with E-state index < -0.39 is 0 Å². The SMILES string of the molecule is CCCCCCCCCCCCc1cc(Br)ccc1O. The van der Waals surface area contributed by atoms with Gasteiger partial charge in [0.2, 0.25) is 0 Å². The highest BCUT2D eigenvalue weighted by Gasteiger charge is 2.01. The number of unbranched alkanes of at least 4 members (excludes halogenated alkanes) is 9. The number of aromatic hydroxyl groups is 1. The predicted molar refractivity (Wildman–Crippen MR) is 91.4 cm³/mol. The van der Waals surface area contributed by atoms with Crippen LogP contribution >= 0.6 is 15.9 Å². The number of phenols is 1. The maximum Gasteiger partial charge on any atom is 0.118 e. The molecule has 2 heteroatoms. The van der Waals surface area contributed by atoms with Crippen LogP contribution in [0.2, 0.25) is 0 Å². The minimum atomic E-state index is 0.434. The smallest absolute Gasteiger partial charge is 0.118 e. The minimum Gasteiger partial charge on any atom is -0.508 e. The van der Waals surface area contributed by atoms with Gasteiger partial charge in [0.25, 0.3) is 0 Å². The first-order valence-electron chi connectivity index (χ1n) is 8.21. The van der Waals surface area contributed by atoms with E-state index in [4.69, 9.17) is 0 Å². The zero-order chi connectivity index (χ0) is 14.6. The summed E-state index contributed by atoms with van der Waals surface area (Å²) >= 11 is 3.45. The molecule has 1 aromatic carbocycles. The molecule has 20 heavy (non-hydrogen) atoms. The summed E-state index contributed by atoms with van der Waals surface area (Å²) in [6, 6.07) is 5.69. The molecule has 114 valence electrons. The maximum absolute atomic E-state index is 9.76. The third-order valence-corrected chi connectivity index (χ3v) is 4.33. The summed E-state index contributed by atoms with van der Waals surface area (Å²) in [6.07, 6.45) is 14.5. The molecule has 0 aromatic heterocycles. The Kier molecular flexibility index (Phi) is 9.82. The quantitative estimate of drug-likeness (QED) is 0.449. The molecule has 0 aliphatic rings. The molecule has 0 spiro atoms. The molecule has 0 aliphatic heterocycles. The van der Waals surface area contributed by atoms with Crippen LogP contribution in [0.3, 0.4) is 0 Å². The van der Waals surface area contributed by atoms with E-state index >= 15 is 0 Å². The van der Waals surface area contributed by atoms with Crippen LogP contribution in [0.4, 0.5) is 0 Å². The molecule has 0 bridgehead atoms. The molecule has 0 unspecified atom stereocenters. The lowest BCUT2D eigenvalue weighted by Gasteiger charge is -2.05. The number of rotatable bonds is 11. The Morgan fingerprint density at radius 3 is 2.00 bits per heavy atom. The van der Waals surface area contributed by atoms with Crippen LogP contribution < -0.4 is 0 Å². The molecule has 1 N–H and O–H groups in total. The Labute approximate surface area is 132 Å². The van der Waals surface area contributed by atoms with Crippen molar-refractivity contribution in [3.05, 3.63) is 28.2 Å². The summed E-state index contributed by atoms with van der Waals surface area (Å²) in [5, 5.41) is 9.76. The lowest BCUT2D eigenvalue weighted by atomic mass is 10.0. The Balaban J connectivity index is 1.98. The second-order valence-corrected chi connectivity index (χ2v) is 6.62. The van der Waals surface area contributed by atoms with Crippen molar-refractivity contribution in [1.82, 2.24) is 0 Å². The van der Waals surface area contributed by atoms with Crippen molar-refractivity contribution in [1.29, 1.82) is 0 Å². The molecule has 0 fully saturated rings. The summed E-state index contributed by atoms with van der Waals surface area (Å²) in [6.45, 7) is 2.27. The fourth-order valence-corrected chi connectivity index (χ4v) is 2.97. The van der Waals surface area contributed by atoms with Gasteiger partial charge < -0.3 is 5.11 Å². The fourth-order valence-electron chi connectivity index (χ4n) is 2.56. The average Bonchev–Trinajstić information content (AvgIpc) is 2.44. The van der Waals surface area contributed by atoms with Crippen molar-refractivity contribution in [2.45, 2.75) is 77.6 Å². The van der Waals surface area contributed by atoms with Crippen molar-refractivity contribution < 1.29 is 5.11 Å². The molecule has 0 atom stereocenters. The maximum atomic E-state index is 9.76. The average molecular weight is 341 g/mol. The van der Waals surface area contributed by atoms with Crippen molar-refractivity contribution in [3.63, 3.8) is 0 Å². The Hall–Kier alpha value is -0.500. The van der Waals surface area contributed by atoms with E-state index in [9.17, 15) is 5.11 Å². The molecular weight excluding hydrogens is 312 g/mol. The first-order valence-corrected chi connectivity index (χ1v) is 9.00. The summed E-state index contributed by atoms with van der Waals surface area (Å²) in [4.78, 5) is 0. The molecule has 0 aliphatic carbocycles. The highest BCUT2D eigenvalue weighted by molar-refractivity contribution is 9.10. The van der Waals surface area contributed by atoms with Gasteiger partial charge in [0, 0.05) is 4.47 Å². The summed E-state index contributed by atoms with van der Waals surface area (Å²) < 4.78 is 1.05. The zero-order valence-electron chi connectivity index (χ0n) is 12.8. The number of halogens is 1. The number of aryl methyl sites for hydroxylation is 1. The van der Waals surface area contributed by atoms with Gasteiger partial charge in [0.15, 0.2) is 0 Å². The lowest BCUT2D eigenvalue weighted by molar-refractivity contribution is 0.465. The van der Waals surface area contributed by atoms with Crippen LogP contribution in [0.25, 0.3) is 0 Å². The number of hydrogen-bond donors (Lipinski definition) is 1. The normalized spacial score (nSPS) is 10.9. The first kappa shape index (κ1) is 17.6. The van der Waals surface area contributed by atoms with Crippen LogP contribution in [0.15, 0.2) is 22.7 Å². The Morgan fingerprint density at radius 1 is 0.850 bits per heavy atom. The number of hydrogen-bond acceptors (Lipinski definition) is 1. The van der Waals surface area contributed by atoms with Crippen LogP contribution in [0, 0.1) is 0 Å². The van der Waals surface area contributed by atoms with Crippen molar-refractivity contribution >= 4 is 15.9 Å². The first-order chi connectivity index (χ1) is 9.74. The number of phenolic OH excluding ortho intramolecular Hbond substituents is 1. The van der Waals surface area contributed by atoms with Gasteiger partial charge in [0.05, 0.1) is 0 Å². The van der Waals surface area contributed by atoms with E-state index in [-0.39, 0.29) is 0 Å². The second kappa shape index (κ2) is 11.2. The molecule has 1 aromatic rings. The second-order valence-electron chi connectivity index (χ2n) is 5.71. The van der Waals surface area contributed by atoms with E-state index in [1.807, 2.05) is 12.1 Å². The molecule has 0 radical (unpaired) electrons. The third-order valence-electron chi connectivity index (χ3n) is 3.84. The lowest BCUT2D eigenvalue weighted by Crippen LogP contribution is -1.88. The Morgan fingerprint density at radius 2 is 1.40 bits per heavy atom. The molecular formula is C18H29BrO. The van der Waals surface area contributed by atoms with Gasteiger partial charge >= 0.3 is 0 Å². The standard InChI is InChI=1S/C18H29BrO/c1-2-3-4-5-6-7-8-9-10-11-12-16-15-17(19)13-14-18(16)20/h13-15,20H,2-12H2,1H3. The van der Waals surface area contributed by atoms with Crippen LogP contribution in [0.1, 0.15) is 76.7 Å². The summed E-state index contributed by atoms with van der Waals surface area (Å²) in [7, 11) is 0. The zero-order valence-corrected chi connectivity index (χ0v) is 14.4. The molecule has 1 nitrogen and oxygen atoms in total. The van der Waals surface area contributed by atoms with Crippen LogP contribution in [-0.4, -0.2) is 5.11 Å². The predicted octanol–water partition coefficient (Wildman–Crippen LogP) is 6.62. The van der Waals surface area contributed by atoms with Gasteiger partial charge in [-0.25, -0.2) is 0 Å².